The van der Waals surface area contributed by atoms with E-state index in [4.69, 9.17) is 15.2 Å². The van der Waals surface area contributed by atoms with Gasteiger partial charge in [0.2, 0.25) is 6.79 Å². The van der Waals surface area contributed by atoms with Gasteiger partial charge >= 0.3 is 0 Å². The van der Waals surface area contributed by atoms with Gasteiger partial charge in [0.05, 0.1) is 4.47 Å². The van der Waals surface area contributed by atoms with Crippen LogP contribution in [-0.2, 0) is 0 Å². The quantitative estimate of drug-likeness (QED) is 0.775. The van der Waals surface area contributed by atoms with Gasteiger partial charge in [-0.1, -0.05) is 6.42 Å². The first-order valence-corrected chi connectivity index (χ1v) is 9.06. The van der Waals surface area contributed by atoms with Crippen molar-refractivity contribution in [1.82, 2.24) is 5.32 Å². The second-order valence-electron chi connectivity index (χ2n) is 6.87. The average Bonchev–Trinajstić information content (AvgIpc) is 2.97. The molecule has 4 rings (SSSR count). The lowest BCUT2D eigenvalue weighted by Crippen LogP contribution is -2.53. The maximum Gasteiger partial charge on any atom is 0.251 e. The maximum absolute atomic E-state index is 12.7. The topological polar surface area (TPSA) is 73.6 Å². The Bertz CT molecular complexity index is 629. The molecule has 1 aromatic rings. The van der Waals surface area contributed by atoms with Crippen molar-refractivity contribution < 1.29 is 14.3 Å². The molecule has 2 bridgehead atoms. The van der Waals surface area contributed by atoms with E-state index in [9.17, 15) is 4.79 Å². The highest BCUT2D eigenvalue weighted by molar-refractivity contribution is 9.10. The standard InChI is InChI=1S/C17H21BrN2O3.ClH/c18-13-6-11(7-14-16(13)23-8-22-14)17(21)20-15-9-2-1-3-10(15)5-12(19)4-9;/h6-7,9-10,12,15H,1-5,8,19H2,(H,20,21);1H. The molecule has 2 saturated carbocycles. The summed E-state index contributed by atoms with van der Waals surface area (Å²) in [6.07, 6.45) is 5.63. The lowest BCUT2D eigenvalue weighted by molar-refractivity contribution is 0.0755. The largest absolute Gasteiger partial charge is 0.454 e. The Balaban J connectivity index is 0.00000169. The number of carbonyl (C=O) groups excluding carboxylic acids is 1. The summed E-state index contributed by atoms with van der Waals surface area (Å²) in [5.41, 5.74) is 6.77. The van der Waals surface area contributed by atoms with Crippen molar-refractivity contribution >= 4 is 34.2 Å². The van der Waals surface area contributed by atoms with Gasteiger partial charge in [0.25, 0.3) is 5.91 Å². The highest BCUT2D eigenvalue weighted by atomic mass is 79.9. The smallest absolute Gasteiger partial charge is 0.251 e. The molecule has 1 aromatic carbocycles. The van der Waals surface area contributed by atoms with E-state index in [1.807, 2.05) is 0 Å². The highest BCUT2D eigenvalue weighted by Gasteiger charge is 2.40. The molecule has 2 fully saturated rings. The third kappa shape index (κ3) is 3.24. The molecule has 132 valence electrons. The van der Waals surface area contributed by atoms with E-state index in [2.05, 4.69) is 21.2 Å². The summed E-state index contributed by atoms with van der Waals surface area (Å²) in [7, 11) is 0. The molecule has 24 heavy (non-hydrogen) atoms. The number of nitrogens with one attached hydrogen (secondary N) is 1. The second kappa shape index (κ2) is 7.10. The lowest BCUT2D eigenvalue weighted by Gasteiger charge is -2.45. The van der Waals surface area contributed by atoms with Crippen LogP contribution in [0.4, 0.5) is 0 Å². The minimum absolute atomic E-state index is 0. The zero-order valence-corrected chi connectivity index (χ0v) is 15.7. The van der Waals surface area contributed by atoms with E-state index < -0.39 is 0 Å². The van der Waals surface area contributed by atoms with Crippen LogP contribution in [0.2, 0.25) is 0 Å². The summed E-state index contributed by atoms with van der Waals surface area (Å²) in [5, 5.41) is 3.26. The number of hydrogen-bond acceptors (Lipinski definition) is 4. The zero-order chi connectivity index (χ0) is 16.0. The van der Waals surface area contributed by atoms with Crippen LogP contribution in [0, 0.1) is 11.8 Å². The van der Waals surface area contributed by atoms with Gasteiger partial charge < -0.3 is 20.5 Å². The van der Waals surface area contributed by atoms with Crippen molar-refractivity contribution in [2.75, 3.05) is 6.79 Å². The molecule has 7 heteroatoms. The maximum atomic E-state index is 12.7. The predicted octanol–water partition coefficient (Wildman–Crippen LogP) is 3.24. The number of amides is 1. The van der Waals surface area contributed by atoms with Crippen LogP contribution >= 0.6 is 28.3 Å². The monoisotopic (exact) mass is 416 g/mol. The van der Waals surface area contributed by atoms with Gasteiger partial charge in [-0.25, -0.2) is 0 Å². The van der Waals surface area contributed by atoms with Crippen LogP contribution in [0.15, 0.2) is 16.6 Å². The van der Waals surface area contributed by atoms with Gasteiger partial charge in [-0.3, -0.25) is 4.79 Å². The molecule has 1 aliphatic heterocycles. The fraction of sp³-hybridized carbons (Fsp3) is 0.588. The molecule has 0 saturated heterocycles. The van der Waals surface area contributed by atoms with Crippen LogP contribution in [0.25, 0.3) is 0 Å². The Morgan fingerprint density at radius 2 is 1.92 bits per heavy atom. The zero-order valence-electron chi connectivity index (χ0n) is 13.3. The number of nitrogens with two attached hydrogens (primary N) is 1. The van der Waals surface area contributed by atoms with Crippen LogP contribution < -0.4 is 20.5 Å². The van der Waals surface area contributed by atoms with E-state index in [1.165, 1.54) is 19.3 Å². The molecule has 0 spiro atoms. The molecule has 1 amide bonds. The minimum Gasteiger partial charge on any atom is -0.454 e. The van der Waals surface area contributed by atoms with E-state index >= 15 is 0 Å². The van der Waals surface area contributed by atoms with Crippen LogP contribution in [-0.4, -0.2) is 24.8 Å². The van der Waals surface area contributed by atoms with Crippen molar-refractivity contribution in [3.05, 3.63) is 22.2 Å². The number of rotatable bonds is 2. The summed E-state index contributed by atoms with van der Waals surface area (Å²) < 4.78 is 11.5. The van der Waals surface area contributed by atoms with E-state index in [0.29, 0.717) is 28.9 Å². The van der Waals surface area contributed by atoms with Gasteiger partial charge in [0, 0.05) is 17.6 Å². The summed E-state index contributed by atoms with van der Waals surface area (Å²) in [4.78, 5) is 12.7. The van der Waals surface area contributed by atoms with Crippen molar-refractivity contribution in [1.29, 1.82) is 0 Å². The molecule has 2 unspecified atom stereocenters. The first-order chi connectivity index (χ1) is 11.1. The number of halogens is 2. The fourth-order valence-corrected chi connectivity index (χ4v) is 4.91. The molecule has 0 radical (unpaired) electrons. The van der Waals surface area contributed by atoms with E-state index in [0.717, 1.165) is 17.3 Å². The Morgan fingerprint density at radius 3 is 2.62 bits per heavy atom. The van der Waals surface area contributed by atoms with Crippen molar-refractivity contribution in [2.24, 2.45) is 17.6 Å². The number of ether oxygens (including phenoxy) is 2. The molecule has 1 heterocycles. The average molecular weight is 418 g/mol. The SMILES string of the molecule is Cl.NC1CC2CCCC(C1)C2NC(=O)c1cc(Br)c2c(c1)OCO2. The molecule has 0 aromatic heterocycles. The van der Waals surface area contributed by atoms with Gasteiger partial charge in [0.15, 0.2) is 11.5 Å². The third-order valence-electron chi connectivity index (χ3n) is 5.36. The molecule has 3 aliphatic rings. The summed E-state index contributed by atoms with van der Waals surface area (Å²) in [5.74, 6) is 2.27. The summed E-state index contributed by atoms with van der Waals surface area (Å²) in [6, 6.07) is 4.10. The van der Waals surface area contributed by atoms with Crippen LogP contribution in [0.3, 0.4) is 0 Å². The molecule has 5 nitrogen and oxygen atoms in total. The molecule has 3 N–H and O–H groups in total. The van der Waals surface area contributed by atoms with Gasteiger partial charge in [-0.2, -0.15) is 0 Å². The number of fused-ring (bicyclic) bond motifs is 3. The van der Waals surface area contributed by atoms with Crippen LogP contribution in [0.5, 0.6) is 11.5 Å². The van der Waals surface area contributed by atoms with Crippen LogP contribution in [0.1, 0.15) is 42.5 Å². The number of carbonyl (C=O) groups is 1. The summed E-state index contributed by atoms with van der Waals surface area (Å²) in [6.45, 7) is 0.198. The van der Waals surface area contributed by atoms with Gasteiger partial charge in [0.1, 0.15) is 0 Å². The van der Waals surface area contributed by atoms with Crippen molar-refractivity contribution in [3.8, 4) is 11.5 Å². The van der Waals surface area contributed by atoms with Crippen molar-refractivity contribution in [2.45, 2.75) is 44.2 Å². The number of hydrogen-bond donors (Lipinski definition) is 2. The molecule has 2 aliphatic carbocycles. The minimum atomic E-state index is -0.0404. The predicted molar refractivity (Wildman–Crippen MR) is 96.8 cm³/mol. The molecular formula is C17H22BrClN2O3. The lowest BCUT2D eigenvalue weighted by atomic mass is 9.67. The Kier molecular flexibility index (Phi) is 5.27. The van der Waals surface area contributed by atoms with E-state index in [1.54, 1.807) is 12.1 Å². The summed E-state index contributed by atoms with van der Waals surface area (Å²) >= 11 is 3.45. The van der Waals surface area contributed by atoms with Gasteiger partial charge in [-0.05, 0) is 65.6 Å². The first-order valence-electron chi connectivity index (χ1n) is 8.27. The first kappa shape index (κ1) is 17.8. The second-order valence-corrected chi connectivity index (χ2v) is 7.73. The highest BCUT2D eigenvalue weighted by Crippen LogP contribution is 2.41. The Labute approximate surface area is 156 Å². The van der Waals surface area contributed by atoms with E-state index in [-0.39, 0.29) is 37.2 Å². The number of benzene rings is 1. The fourth-order valence-electron chi connectivity index (χ4n) is 4.36. The third-order valence-corrected chi connectivity index (χ3v) is 5.95. The van der Waals surface area contributed by atoms with Gasteiger partial charge in [-0.15, -0.1) is 12.4 Å². The molecule has 2 atom stereocenters. The Hall–Kier alpha value is -0.980. The Morgan fingerprint density at radius 1 is 1.21 bits per heavy atom. The molecular weight excluding hydrogens is 396 g/mol. The normalized spacial score (nSPS) is 30.4. The van der Waals surface area contributed by atoms with Crippen molar-refractivity contribution in [3.63, 3.8) is 0 Å².